The molecule has 1 N–H and O–H groups in total. The Hall–Kier alpha value is -1.41. The van der Waals surface area contributed by atoms with Crippen molar-refractivity contribution in [3.05, 3.63) is 42.2 Å². The molecule has 0 spiro atoms. The van der Waals surface area contributed by atoms with Crippen molar-refractivity contribution >= 4 is 10.8 Å². The minimum Gasteiger partial charge on any atom is -0.310 e. The maximum Gasteiger partial charge on any atom is 0.0346 e. The standard InChI is InChI=1S/C16H20N2/c1-2-4-12-9-16(12)18-11-14-6-3-5-13-10-17-8-7-15(13)14/h3,5-8,10,12,16,18H,2,4,9,11H2,1H3. The zero-order valence-corrected chi connectivity index (χ0v) is 10.9. The van der Waals surface area contributed by atoms with Crippen molar-refractivity contribution in [3.8, 4) is 0 Å². The number of aromatic nitrogens is 1. The lowest BCUT2D eigenvalue weighted by Gasteiger charge is -2.07. The highest BCUT2D eigenvalue weighted by Gasteiger charge is 2.35. The van der Waals surface area contributed by atoms with Gasteiger partial charge in [0.25, 0.3) is 0 Å². The molecule has 94 valence electrons. The molecule has 1 aromatic carbocycles. The second kappa shape index (κ2) is 5.07. The van der Waals surface area contributed by atoms with Crippen LogP contribution in [0.3, 0.4) is 0 Å². The van der Waals surface area contributed by atoms with E-state index in [0.29, 0.717) is 0 Å². The van der Waals surface area contributed by atoms with Crippen LogP contribution in [0.15, 0.2) is 36.7 Å². The van der Waals surface area contributed by atoms with E-state index in [9.17, 15) is 0 Å². The van der Waals surface area contributed by atoms with Crippen LogP contribution in [-0.4, -0.2) is 11.0 Å². The molecule has 1 aliphatic carbocycles. The summed E-state index contributed by atoms with van der Waals surface area (Å²) in [6.07, 6.45) is 7.86. The van der Waals surface area contributed by atoms with E-state index in [2.05, 4.69) is 41.5 Å². The zero-order chi connectivity index (χ0) is 12.4. The van der Waals surface area contributed by atoms with Gasteiger partial charge in [-0.05, 0) is 35.8 Å². The van der Waals surface area contributed by atoms with E-state index < -0.39 is 0 Å². The van der Waals surface area contributed by atoms with Gasteiger partial charge in [-0.25, -0.2) is 0 Å². The van der Waals surface area contributed by atoms with Crippen LogP contribution >= 0.6 is 0 Å². The lowest BCUT2D eigenvalue weighted by atomic mass is 10.1. The van der Waals surface area contributed by atoms with E-state index in [-0.39, 0.29) is 0 Å². The summed E-state index contributed by atoms with van der Waals surface area (Å²) in [7, 11) is 0. The zero-order valence-electron chi connectivity index (χ0n) is 10.9. The fourth-order valence-electron chi connectivity index (χ4n) is 2.77. The maximum absolute atomic E-state index is 4.18. The van der Waals surface area contributed by atoms with Crippen LogP contribution in [0.4, 0.5) is 0 Å². The highest BCUT2D eigenvalue weighted by Crippen LogP contribution is 2.34. The first-order chi connectivity index (χ1) is 8.88. The predicted molar refractivity (Wildman–Crippen MR) is 75.4 cm³/mol. The van der Waals surface area contributed by atoms with Crippen LogP contribution in [0, 0.1) is 5.92 Å². The molecule has 1 aliphatic rings. The molecule has 0 aliphatic heterocycles. The van der Waals surface area contributed by atoms with E-state index in [1.807, 2.05) is 12.4 Å². The molecule has 1 heterocycles. The monoisotopic (exact) mass is 240 g/mol. The molecule has 2 atom stereocenters. The molecule has 2 unspecified atom stereocenters. The summed E-state index contributed by atoms with van der Waals surface area (Å²) in [5.41, 5.74) is 1.39. The number of nitrogens with one attached hydrogen (secondary N) is 1. The van der Waals surface area contributed by atoms with Crippen LogP contribution in [0.1, 0.15) is 31.7 Å². The molecular weight excluding hydrogens is 220 g/mol. The number of nitrogens with zero attached hydrogens (tertiary/aromatic N) is 1. The molecule has 18 heavy (non-hydrogen) atoms. The van der Waals surface area contributed by atoms with Crippen LogP contribution in [0.25, 0.3) is 10.8 Å². The summed E-state index contributed by atoms with van der Waals surface area (Å²) in [5, 5.41) is 6.24. The minimum atomic E-state index is 0.752. The average molecular weight is 240 g/mol. The quantitative estimate of drug-likeness (QED) is 0.865. The van der Waals surface area contributed by atoms with Gasteiger partial charge in [-0.2, -0.15) is 0 Å². The van der Waals surface area contributed by atoms with Gasteiger partial charge >= 0.3 is 0 Å². The smallest absolute Gasteiger partial charge is 0.0346 e. The Morgan fingerprint density at radius 1 is 1.33 bits per heavy atom. The van der Waals surface area contributed by atoms with E-state index in [0.717, 1.165) is 18.5 Å². The van der Waals surface area contributed by atoms with Crippen molar-refractivity contribution < 1.29 is 0 Å². The van der Waals surface area contributed by atoms with Gasteiger partial charge in [0.05, 0.1) is 0 Å². The third kappa shape index (κ3) is 2.39. The largest absolute Gasteiger partial charge is 0.310 e. The van der Waals surface area contributed by atoms with Crippen molar-refractivity contribution in [3.63, 3.8) is 0 Å². The Labute approximate surface area is 108 Å². The summed E-state index contributed by atoms with van der Waals surface area (Å²) in [6, 6.07) is 9.33. The number of hydrogen-bond donors (Lipinski definition) is 1. The van der Waals surface area contributed by atoms with E-state index >= 15 is 0 Å². The predicted octanol–water partition coefficient (Wildman–Crippen LogP) is 3.51. The average Bonchev–Trinajstić information content (AvgIpc) is 3.15. The summed E-state index contributed by atoms with van der Waals surface area (Å²) >= 11 is 0. The summed E-state index contributed by atoms with van der Waals surface area (Å²) in [6.45, 7) is 3.25. The second-order valence-corrected chi connectivity index (χ2v) is 5.29. The van der Waals surface area contributed by atoms with Gasteiger partial charge in [0.15, 0.2) is 0 Å². The fourth-order valence-corrected chi connectivity index (χ4v) is 2.77. The summed E-state index contributed by atoms with van der Waals surface area (Å²) in [4.78, 5) is 4.18. The lowest BCUT2D eigenvalue weighted by Crippen LogP contribution is -2.17. The number of pyridine rings is 1. The Balaban J connectivity index is 1.68. The Morgan fingerprint density at radius 3 is 3.17 bits per heavy atom. The topological polar surface area (TPSA) is 24.9 Å². The summed E-state index contributed by atoms with van der Waals surface area (Å²) in [5.74, 6) is 0.923. The van der Waals surface area contributed by atoms with Gasteiger partial charge in [0, 0.05) is 30.4 Å². The third-order valence-corrected chi connectivity index (χ3v) is 3.91. The van der Waals surface area contributed by atoms with Crippen molar-refractivity contribution in [1.82, 2.24) is 10.3 Å². The highest BCUT2D eigenvalue weighted by atomic mass is 15.0. The van der Waals surface area contributed by atoms with Crippen LogP contribution in [0.5, 0.6) is 0 Å². The normalized spacial score (nSPS) is 22.3. The highest BCUT2D eigenvalue weighted by molar-refractivity contribution is 5.84. The van der Waals surface area contributed by atoms with Crippen molar-refractivity contribution in [2.24, 2.45) is 5.92 Å². The molecule has 2 heteroatoms. The first-order valence-electron chi connectivity index (χ1n) is 6.93. The molecule has 2 aromatic rings. The van der Waals surface area contributed by atoms with Crippen LogP contribution in [0.2, 0.25) is 0 Å². The molecule has 2 nitrogen and oxygen atoms in total. The van der Waals surface area contributed by atoms with Gasteiger partial charge in [-0.1, -0.05) is 31.5 Å². The molecule has 0 radical (unpaired) electrons. The van der Waals surface area contributed by atoms with Gasteiger partial charge < -0.3 is 5.32 Å². The maximum atomic E-state index is 4.18. The van der Waals surface area contributed by atoms with Crippen LogP contribution in [-0.2, 0) is 6.54 Å². The minimum absolute atomic E-state index is 0.752. The van der Waals surface area contributed by atoms with E-state index in [4.69, 9.17) is 0 Å². The number of hydrogen-bond acceptors (Lipinski definition) is 2. The van der Waals surface area contributed by atoms with Crippen molar-refractivity contribution in [2.45, 2.75) is 38.8 Å². The SMILES string of the molecule is CCCC1CC1NCc1cccc2cnccc12. The molecular formula is C16H20N2. The fraction of sp³-hybridized carbons (Fsp3) is 0.438. The van der Waals surface area contributed by atoms with Crippen molar-refractivity contribution in [2.75, 3.05) is 0 Å². The molecule has 0 bridgehead atoms. The number of rotatable bonds is 5. The van der Waals surface area contributed by atoms with E-state index in [1.165, 1.54) is 35.6 Å². The molecule has 3 rings (SSSR count). The molecule has 1 aromatic heterocycles. The number of fused-ring (bicyclic) bond motifs is 1. The van der Waals surface area contributed by atoms with Gasteiger partial charge in [-0.3, -0.25) is 4.98 Å². The molecule has 0 saturated heterocycles. The first-order valence-corrected chi connectivity index (χ1v) is 6.93. The molecule has 1 saturated carbocycles. The Bertz CT molecular complexity index is 530. The first kappa shape index (κ1) is 11.7. The molecule has 0 amide bonds. The number of benzene rings is 1. The lowest BCUT2D eigenvalue weighted by molar-refractivity contribution is 0.600. The molecule has 1 fully saturated rings. The van der Waals surface area contributed by atoms with Gasteiger partial charge in [0.2, 0.25) is 0 Å². The van der Waals surface area contributed by atoms with Crippen LogP contribution < -0.4 is 5.32 Å². The van der Waals surface area contributed by atoms with Crippen molar-refractivity contribution in [1.29, 1.82) is 0 Å². The van der Waals surface area contributed by atoms with Gasteiger partial charge in [0.1, 0.15) is 0 Å². The van der Waals surface area contributed by atoms with E-state index in [1.54, 1.807) is 0 Å². The second-order valence-electron chi connectivity index (χ2n) is 5.29. The third-order valence-electron chi connectivity index (χ3n) is 3.91. The Morgan fingerprint density at radius 2 is 2.28 bits per heavy atom. The summed E-state index contributed by atoms with van der Waals surface area (Å²) < 4.78 is 0. The van der Waals surface area contributed by atoms with Gasteiger partial charge in [-0.15, -0.1) is 0 Å². The Kier molecular flexibility index (Phi) is 3.28.